The van der Waals surface area contributed by atoms with Crippen molar-refractivity contribution in [3.8, 4) is 0 Å². The summed E-state index contributed by atoms with van der Waals surface area (Å²) in [6.07, 6.45) is 3.50. The molecular formula is C16H17N5O4S. The summed E-state index contributed by atoms with van der Waals surface area (Å²) in [6.45, 7) is 2.00. The van der Waals surface area contributed by atoms with Crippen molar-refractivity contribution in [1.29, 1.82) is 0 Å². The van der Waals surface area contributed by atoms with Crippen LogP contribution in [0.3, 0.4) is 0 Å². The van der Waals surface area contributed by atoms with E-state index in [1.54, 1.807) is 24.4 Å². The minimum absolute atomic E-state index is 0.0114. The Hall–Kier alpha value is -2.75. The number of rotatable bonds is 4. The molecule has 1 amide bonds. The number of carbonyl (C=O) groups is 1. The molecule has 4 rings (SSSR count). The van der Waals surface area contributed by atoms with Crippen molar-refractivity contribution in [1.82, 2.24) is 24.5 Å². The maximum atomic E-state index is 13.1. The molecule has 0 spiro atoms. The zero-order valence-corrected chi connectivity index (χ0v) is 14.9. The third-order valence-corrected chi connectivity index (χ3v) is 6.19. The first-order valence-electron chi connectivity index (χ1n) is 8.15. The van der Waals surface area contributed by atoms with E-state index in [0.717, 1.165) is 5.69 Å². The second-order valence-electron chi connectivity index (χ2n) is 6.30. The molecule has 4 heterocycles. The second kappa shape index (κ2) is 6.20. The highest BCUT2D eigenvalue weighted by Gasteiger charge is 2.36. The van der Waals surface area contributed by atoms with Crippen molar-refractivity contribution in [3.63, 3.8) is 0 Å². The van der Waals surface area contributed by atoms with Gasteiger partial charge in [0, 0.05) is 17.9 Å². The number of aromatic nitrogens is 4. The minimum atomic E-state index is -3.15. The van der Waals surface area contributed by atoms with Gasteiger partial charge in [-0.05, 0) is 31.5 Å². The van der Waals surface area contributed by atoms with Crippen molar-refractivity contribution in [2.24, 2.45) is 0 Å². The third-order valence-electron chi connectivity index (χ3n) is 4.44. The summed E-state index contributed by atoms with van der Waals surface area (Å²) in [4.78, 5) is 22.9. The van der Waals surface area contributed by atoms with E-state index in [1.165, 1.54) is 15.7 Å². The smallest absolute Gasteiger partial charge is 0.294 e. The van der Waals surface area contributed by atoms with Crippen LogP contribution < -0.4 is 0 Å². The molecular weight excluding hydrogens is 358 g/mol. The number of amides is 1. The van der Waals surface area contributed by atoms with Gasteiger partial charge in [-0.2, -0.15) is 4.98 Å². The number of furan rings is 1. The summed E-state index contributed by atoms with van der Waals surface area (Å²) in [5.41, 5.74) is 0.794. The molecule has 1 atom stereocenters. The van der Waals surface area contributed by atoms with Gasteiger partial charge in [0.05, 0.1) is 24.3 Å². The Kier molecular flexibility index (Phi) is 3.98. The molecule has 3 aromatic rings. The monoisotopic (exact) mass is 375 g/mol. The highest BCUT2D eigenvalue weighted by molar-refractivity contribution is 7.91. The fourth-order valence-electron chi connectivity index (χ4n) is 3.08. The van der Waals surface area contributed by atoms with E-state index >= 15 is 0 Å². The highest BCUT2D eigenvalue weighted by Crippen LogP contribution is 2.22. The van der Waals surface area contributed by atoms with Gasteiger partial charge in [-0.3, -0.25) is 4.79 Å². The number of carbonyl (C=O) groups excluding carboxylic acids is 1. The Morgan fingerprint density at radius 3 is 2.92 bits per heavy atom. The first-order valence-corrected chi connectivity index (χ1v) is 9.97. The second-order valence-corrected chi connectivity index (χ2v) is 8.53. The third kappa shape index (κ3) is 3.07. The molecule has 136 valence electrons. The molecule has 26 heavy (non-hydrogen) atoms. The largest absolute Gasteiger partial charge is 0.467 e. The molecule has 0 unspecified atom stereocenters. The van der Waals surface area contributed by atoms with Gasteiger partial charge in [-0.1, -0.05) is 0 Å². The van der Waals surface area contributed by atoms with Crippen LogP contribution in [0.1, 0.15) is 28.5 Å². The summed E-state index contributed by atoms with van der Waals surface area (Å²) in [5.74, 6) is 0.449. The van der Waals surface area contributed by atoms with Crippen LogP contribution in [0.5, 0.6) is 0 Å². The van der Waals surface area contributed by atoms with Crippen LogP contribution >= 0.6 is 0 Å². The molecule has 0 saturated carbocycles. The molecule has 10 heteroatoms. The van der Waals surface area contributed by atoms with E-state index in [4.69, 9.17) is 4.42 Å². The van der Waals surface area contributed by atoms with Gasteiger partial charge in [0.25, 0.3) is 11.7 Å². The molecule has 0 bridgehead atoms. The maximum Gasteiger partial charge on any atom is 0.294 e. The lowest BCUT2D eigenvalue weighted by Crippen LogP contribution is -2.41. The van der Waals surface area contributed by atoms with E-state index in [9.17, 15) is 13.2 Å². The predicted molar refractivity (Wildman–Crippen MR) is 91.2 cm³/mol. The molecule has 9 nitrogen and oxygen atoms in total. The first-order chi connectivity index (χ1) is 12.4. The summed E-state index contributed by atoms with van der Waals surface area (Å²) in [6, 6.07) is 4.80. The Labute approximate surface area is 149 Å². The number of fused-ring (bicyclic) bond motifs is 1. The van der Waals surface area contributed by atoms with E-state index in [1.807, 2.05) is 6.92 Å². The zero-order chi connectivity index (χ0) is 18.3. The zero-order valence-electron chi connectivity index (χ0n) is 14.1. The van der Waals surface area contributed by atoms with Crippen LogP contribution in [0.25, 0.3) is 5.78 Å². The van der Waals surface area contributed by atoms with Gasteiger partial charge in [0.1, 0.15) is 5.76 Å². The van der Waals surface area contributed by atoms with E-state index in [2.05, 4.69) is 15.1 Å². The fraction of sp³-hybridized carbons (Fsp3) is 0.375. The summed E-state index contributed by atoms with van der Waals surface area (Å²) >= 11 is 0. The Morgan fingerprint density at radius 2 is 2.27 bits per heavy atom. The van der Waals surface area contributed by atoms with Crippen molar-refractivity contribution < 1.29 is 17.6 Å². The number of hydrogen-bond acceptors (Lipinski definition) is 7. The number of aryl methyl sites for hydroxylation is 1. The lowest BCUT2D eigenvalue weighted by Gasteiger charge is -2.26. The van der Waals surface area contributed by atoms with Crippen LogP contribution in [0, 0.1) is 6.92 Å². The Morgan fingerprint density at radius 1 is 1.42 bits per heavy atom. The molecule has 0 aromatic carbocycles. The van der Waals surface area contributed by atoms with Crippen molar-refractivity contribution in [2.75, 3.05) is 11.5 Å². The Balaban J connectivity index is 1.69. The molecule has 1 aliphatic heterocycles. The fourth-order valence-corrected chi connectivity index (χ4v) is 4.81. The number of sulfone groups is 1. The van der Waals surface area contributed by atoms with Gasteiger partial charge in [-0.25, -0.2) is 17.9 Å². The number of nitrogens with zero attached hydrogens (tertiary/aromatic N) is 5. The predicted octanol–water partition coefficient (Wildman–Crippen LogP) is 0.855. The standard InChI is InChI=1S/C16H17N5O4S/c1-11-4-6-17-16-18-14(19-21(11)16)15(22)20(9-13-3-2-7-25-13)12-5-8-26(23,24)10-12/h2-4,6-7,12H,5,8-10H2,1H3/t12-/m0/s1. The molecule has 0 radical (unpaired) electrons. The molecule has 1 fully saturated rings. The minimum Gasteiger partial charge on any atom is -0.467 e. The highest BCUT2D eigenvalue weighted by atomic mass is 32.2. The molecule has 1 aliphatic rings. The quantitative estimate of drug-likeness (QED) is 0.665. The summed E-state index contributed by atoms with van der Waals surface area (Å²) < 4.78 is 30.6. The van der Waals surface area contributed by atoms with Crippen molar-refractivity contribution in [2.45, 2.75) is 25.9 Å². The molecule has 1 saturated heterocycles. The van der Waals surface area contributed by atoms with Crippen LogP contribution in [0.2, 0.25) is 0 Å². The van der Waals surface area contributed by atoms with Gasteiger partial charge < -0.3 is 9.32 Å². The van der Waals surface area contributed by atoms with Crippen molar-refractivity contribution in [3.05, 3.63) is 47.9 Å². The number of hydrogen-bond donors (Lipinski definition) is 0. The average Bonchev–Trinajstić information content (AvgIpc) is 3.31. The van der Waals surface area contributed by atoms with Gasteiger partial charge in [-0.15, -0.1) is 5.10 Å². The molecule has 3 aromatic heterocycles. The van der Waals surface area contributed by atoms with Gasteiger partial charge >= 0.3 is 0 Å². The normalized spacial score (nSPS) is 19.0. The molecule has 0 N–H and O–H groups in total. The SMILES string of the molecule is Cc1ccnc2nc(C(=O)N(Cc3ccco3)[C@H]3CCS(=O)(=O)C3)nn12. The lowest BCUT2D eigenvalue weighted by molar-refractivity contribution is 0.0653. The lowest BCUT2D eigenvalue weighted by atomic mass is 10.2. The summed E-state index contributed by atoms with van der Waals surface area (Å²) in [5, 5.41) is 4.24. The average molecular weight is 375 g/mol. The van der Waals surface area contributed by atoms with Gasteiger partial charge in [0.2, 0.25) is 5.82 Å². The van der Waals surface area contributed by atoms with E-state index in [-0.39, 0.29) is 23.9 Å². The summed E-state index contributed by atoms with van der Waals surface area (Å²) in [7, 11) is -3.15. The van der Waals surface area contributed by atoms with E-state index in [0.29, 0.717) is 18.0 Å². The first kappa shape index (κ1) is 16.7. The molecule has 0 aliphatic carbocycles. The Bertz CT molecular complexity index is 1060. The van der Waals surface area contributed by atoms with Crippen LogP contribution in [0.15, 0.2) is 35.1 Å². The van der Waals surface area contributed by atoms with Crippen LogP contribution in [-0.4, -0.2) is 56.4 Å². The topological polar surface area (TPSA) is 111 Å². The van der Waals surface area contributed by atoms with Crippen LogP contribution in [-0.2, 0) is 16.4 Å². The van der Waals surface area contributed by atoms with Crippen LogP contribution in [0.4, 0.5) is 0 Å². The van der Waals surface area contributed by atoms with Gasteiger partial charge in [0.15, 0.2) is 9.84 Å². The van der Waals surface area contributed by atoms with Crippen molar-refractivity contribution >= 4 is 21.5 Å². The van der Waals surface area contributed by atoms with E-state index < -0.39 is 21.8 Å². The maximum absolute atomic E-state index is 13.1.